The van der Waals surface area contributed by atoms with Crippen LogP contribution < -0.4 is 16.4 Å². The molecule has 5 heteroatoms. The average Bonchev–Trinajstić information content (AvgIpc) is 2.86. The van der Waals surface area contributed by atoms with Crippen LogP contribution in [0.1, 0.15) is 15.9 Å². The first-order chi connectivity index (χ1) is 10.1. The van der Waals surface area contributed by atoms with Gasteiger partial charge in [-0.1, -0.05) is 24.3 Å². The van der Waals surface area contributed by atoms with Gasteiger partial charge >= 0.3 is 0 Å². The Morgan fingerprint density at radius 3 is 2.10 bits per heavy atom. The standard InChI is InChI=1S/C16H17N3OS/c17-15(20)12-7-5-11(6-8-12)9-16(10-21)18-13-3-1-2-4-14(13)19-16/h1-8,18-19,21H,9-10H2,(H2,17,20). The van der Waals surface area contributed by atoms with Crippen molar-refractivity contribution in [2.45, 2.75) is 12.1 Å². The Morgan fingerprint density at radius 1 is 1.05 bits per heavy atom. The number of nitrogens with one attached hydrogen (secondary N) is 2. The summed E-state index contributed by atoms with van der Waals surface area (Å²) in [5, 5.41) is 7.01. The molecule has 0 radical (unpaired) electrons. The molecule has 0 bridgehead atoms. The third-order valence-corrected chi connectivity index (χ3v) is 4.23. The quantitative estimate of drug-likeness (QED) is 0.656. The highest BCUT2D eigenvalue weighted by atomic mass is 32.1. The second-order valence-electron chi connectivity index (χ2n) is 5.27. The van der Waals surface area contributed by atoms with Gasteiger partial charge in [0.2, 0.25) is 5.91 Å². The van der Waals surface area contributed by atoms with Crippen molar-refractivity contribution in [2.75, 3.05) is 16.4 Å². The van der Waals surface area contributed by atoms with Gasteiger partial charge in [-0.15, -0.1) is 0 Å². The van der Waals surface area contributed by atoms with E-state index >= 15 is 0 Å². The number of carbonyl (C=O) groups is 1. The topological polar surface area (TPSA) is 67.2 Å². The molecule has 1 aliphatic heterocycles. The number of fused-ring (bicyclic) bond motifs is 1. The molecule has 1 amide bonds. The van der Waals surface area contributed by atoms with Crippen LogP contribution in [0.3, 0.4) is 0 Å². The van der Waals surface area contributed by atoms with Gasteiger partial charge in [0.1, 0.15) is 5.66 Å². The molecule has 0 fully saturated rings. The molecule has 0 saturated heterocycles. The van der Waals surface area contributed by atoms with Crippen molar-refractivity contribution in [2.24, 2.45) is 5.73 Å². The summed E-state index contributed by atoms with van der Waals surface area (Å²) < 4.78 is 0. The Bertz CT molecular complexity index is 644. The first kappa shape index (κ1) is 13.8. The zero-order valence-corrected chi connectivity index (χ0v) is 12.4. The van der Waals surface area contributed by atoms with E-state index in [0.717, 1.165) is 23.4 Å². The van der Waals surface area contributed by atoms with E-state index in [4.69, 9.17) is 5.73 Å². The Morgan fingerprint density at radius 2 is 1.62 bits per heavy atom. The SMILES string of the molecule is NC(=O)c1ccc(CC2(CS)Nc3ccccc3N2)cc1. The average molecular weight is 299 g/mol. The van der Waals surface area contributed by atoms with E-state index in [1.165, 1.54) is 0 Å². The highest BCUT2D eigenvalue weighted by Gasteiger charge is 2.34. The van der Waals surface area contributed by atoms with Crippen LogP contribution in [0.25, 0.3) is 0 Å². The lowest BCUT2D eigenvalue weighted by atomic mass is 10.0. The second-order valence-corrected chi connectivity index (χ2v) is 5.59. The zero-order valence-electron chi connectivity index (χ0n) is 11.5. The summed E-state index contributed by atoms with van der Waals surface area (Å²) in [7, 11) is 0. The van der Waals surface area contributed by atoms with Gasteiger partial charge in [-0.25, -0.2) is 0 Å². The van der Waals surface area contributed by atoms with Gasteiger partial charge in [0.25, 0.3) is 0 Å². The lowest BCUT2D eigenvalue weighted by molar-refractivity contribution is 0.100. The second kappa shape index (κ2) is 5.33. The number of anilines is 2. The fraction of sp³-hybridized carbons (Fsp3) is 0.188. The number of nitrogens with two attached hydrogens (primary N) is 1. The highest BCUT2D eigenvalue weighted by Crippen LogP contribution is 2.35. The number of hydrogen-bond acceptors (Lipinski definition) is 4. The zero-order chi connectivity index (χ0) is 14.9. The van der Waals surface area contributed by atoms with Crippen LogP contribution in [0.5, 0.6) is 0 Å². The largest absolute Gasteiger partial charge is 0.366 e. The van der Waals surface area contributed by atoms with Crippen molar-refractivity contribution in [1.29, 1.82) is 0 Å². The third-order valence-electron chi connectivity index (χ3n) is 3.69. The van der Waals surface area contributed by atoms with Crippen LogP contribution in [0.15, 0.2) is 48.5 Å². The number of rotatable bonds is 4. The minimum Gasteiger partial charge on any atom is -0.366 e. The molecule has 0 atom stereocenters. The van der Waals surface area contributed by atoms with E-state index in [1.807, 2.05) is 36.4 Å². The Kier molecular flexibility index (Phi) is 3.51. The molecule has 0 aliphatic carbocycles. The summed E-state index contributed by atoms with van der Waals surface area (Å²) in [5.74, 6) is 0.231. The Labute approximate surface area is 129 Å². The predicted octanol–water partition coefficient (Wildman–Crippen LogP) is 2.49. The fourth-order valence-corrected chi connectivity index (χ4v) is 2.88. The number of thiol groups is 1. The molecule has 4 nitrogen and oxygen atoms in total. The number of primary amides is 1. The van der Waals surface area contributed by atoms with Crippen LogP contribution in [0.4, 0.5) is 11.4 Å². The third kappa shape index (κ3) is 2.69. The minimum atomic E-state index is -0.407. The maximum absolute atomic E-state index is 11.1. The molecule has 1 heterocycles. The number of para-hydroxylation sites is 2. The molecule has 0 spiro atoms. The molecule has 0 saturated carbocycles. The summed E-state index contributed by atoms with van der Waals surface area (Å²) >= 11 is 4.49. The molecule has 108 valence electrons. The molecule has 0 aromatic heterocycles. The highest BCUT2D eigenvalue weighted by molar-refractivity contribution is 7.80. The van der Waals surface area contributed by atoms with Gasteiger partial charge in [0.05, 0.1) is 11.4 Å². The molecule has 2 aromatic rings. The van der Waals surface area contributed by atoms with Gasteiger partial charge in [-0.3, -0.25) is 4.79 Å². The van der Waals surface area contributed by atoms with Crippen molar-refractivity contribution < 1.29 is 4.79 Å². The van der Waals surface area contributed by atoms with Crippen molar-refractivity contribution in [3.8, 4) is 0 Å². The van der Waals surface area contributed by atoms with Crippen LogP contribution in [0.2, 0.25) is 0 Å². The van der Waals surface area contributed by atoms with Gasteiger partial charge in [-0.2, -0.15) is 12.6 Å². The van der Waals surface area contributed by atoms with E-state index in [0.29, 0.717) is 11.3 Å². The fourth-order valence-electron chi connectivity index (χ4n) is 2.61. The Hall–Kier alpha value is -2.14. The monoisotopic (exact) mass is 299 g/mol. The normalized spacial score (nSPS) is 14.9. The smallest absolute Gasteiger partial charge is 0.248 e. The summed E-state index contributed by atoms with van der Waals surface area (Å²) in [6.07, 6.45) is 0.754. The molecule has 0 unspecified atom stereocenters. The minimum absolute atomic E-state index is 0.318. The maximum atomic E-state index is 11.1. The first-order valence-electron chi connectivity index (χ1n) is 6.77. The lowest BCUT2D eigenvalue weighted by Gasteiger charge is -2.29. The van der Waals surface area contributed by atoms with Gasteiger partial charge < -0.3 is 16.4 Å². The van der Waals surface area contributed by atoms with Crippen molar-refractivity contribution in [3.05, 3.63) is 59.7 Å². The van der Waals surface area contributed by atoms with Crippen LogP contribution in [-0.2, 0) is 6.42 Å². The molecular weight excluding hydrogens is 282 g/mol. The molecule has 1 aliphatic rings. The number of carbonyl (C=O) groups excluding carboxylic acids is 1. The van der Waals surface area contributed by atoms with E-state index < -0.39 is 5.91 Å². The van der Waals surface area contributed by atoms with Crippen LogP contribution in [0, 0.1) is 0 Å². The summed E-state index contributed by atoms with van der Waals surface area (Å²) in [6, 6.07) is 15.5. The molecule has 4 N–H and O–H groups in total. The van der Waals surface area contributed by atoms with Crippen molar-refractivity contribution in [3.63, 3.8) is 0 Å². The summed E-state index contributed by atoms with van der Waals surface area (Å²) in [5.41, 5.74) is 8.75. The molecule has 3 rings (SSSR count). The van der Waals surface area contributed by atoms with Crippen LogP contribution in [-0.4, -0.2) is 17.3 Å². The molecule has 2 aromatic carbocycles. The lowest BCUT2D eigenvalue weighted by Crippen LogP contribution is -2.46. The van der Waals surface area contributed by atoms with Gasteiger partial charge in [-0.05, 0) is 29.8 Å². The summed E-state index contributed by atoms with van der Waals surface area (Å²) in [4.78, 5) is 11.1. The van der Waals surface area contributed by atoms with Gasteiger partial charge in [0, 0.05) is 17.7 Å². The van der Waals surface area contributed by atoms with Gasteiger partial charge in [0.15, 0.2) is 0 Å². The molecular formula is C16H17N3OS. The summed E-state index contributed by atoms with van der Waals surface area (Å²) in [6.45, 7) is 0. The first-order valence-corrected chi connectivity index (χ1v) is 7.40. The van der Waals surface area contributed by atoms with Crippen molar-refractivity contribution >= 4 is 29.9 Å². The van der Waals surface area contributed by atoms with E-state index in [-0.39, 0.29) is 5.66 Å². The number of hydrogen-bond donors (Lipinski definition) is 4. The number of amides is 1. The Balaban J connectivity index is 1.81. The van der Waals surface area contributed by atoms with Crippen LogP contribution >= 0.6 is 12.6 Å². The van der Waals surface area contributed by atoms with Crippen molar-refractivity contribution in [1.82, 2.24) is 0 Å². The molecule has 21 heavy (non-hydrogen) atoms. The van der Waals surface area contributed by atoms with E-state index in [2.05, 4.69) is 23.3 Å². The van der Waals surface area contributed by atoms with E-state index in [1.54, 1.807) is 12.1 Å². The number of benzene rings is 2. The maximum Gasteiger partial charge on any atom is 0.248 e. The predicted molar refractivity (Wildman–Crippen MR) is 88.9 cm³/mol. The van der Waals surface area contributed by atoms with E-state index in [9.17, 15) is 4.79 Å².